The predicted octanol–water partition coefficient (Wildman–Crippen LogP) is 6.42. The van der Waals surface area contributed by atoms with E-state index in [4.69, 9.17) is 4.74 Å². The van der Waals surface area contributed by atoms with Crippen LogP contribution >= 0.6 is 0 Å². The van der Waals surface area contributed by atoms with Crippen molar-refractivity contribution >= 4 is 23.1 Å². The summed E-state index contributed by atoms with van der Waals surface area (Å²) in [6, 6.07) is 27.1. The maximum atomic E-state index is 12.6. The number of ether oxygens (including phenoxy) is 1. The van der Waals surface area contributed by atoms with Crippen LogP contribution in [0.1, 0.15) is 32.3 Å². The van der Waals surface area contributed by atoms with Crippen LogP contribution in [-0.4, -0.2) is 22.0 Å². The summed E-state index contributed by atoms with van der Waals surface area (Å²) in [5.41, 5.74) is 4.64. The van der Waals surface area contributed by atoms with E-state index in [0.717, 1.165) is 16.9 Å². The molecule has 0 fully saturated rings. The molecular weight excluding hydrogens is 424 g/mol. The Bertz CT molecular complexity index is 1220. The second-order valence-corrected chi connectivity index (χ2v) is 8.33. The average Bonchev–Trinajstić information content (AvgIpc) is 2.86. The van der Waals surface area contributed by atoms with Crippen molar-refractivity contribution in [1.82, 2.24) is 9.97 Å². The number of carbonyl (C=O) groups excluding carboxylic acids is 1. The largest absolute Gasteiger partial charge is 0.481 e. The van der Waals surface area contributed by atoms with Crippen LogP contribution in [0, 0.1) is 0 Å². The molecule has 4 rings (SSSR count). The fourth-order valence-corrected chi connectivity index (χ4v) is 3.41. The Kier molecular flexibility index (Phi) is 7.18. The number of rotatable bonds is 8. The Labute approximate surface area is 200 Å². The monoisotopic (exact) mass is 452 g/mol. The zero-order valence-electron chi connectivity index (χ0n) is 19.5. The smallest absolute Gasteiger partial charge is 0.265 e. The standard InChI is InChI=1S/C28H28N4O2/c1-19(2)21-9-15-25(16-10-21)34-20(3)28(33)32-24-13-11-23(12-14-24)31-27-17-26(29-18-30-27)22-7-5-4-6-8-22/h4-20H,1-3H3,(H,32,33)(H,29,30,31). The van der Waals surface area contributed by atoms with Crippen molar-refractivity contribution in [2.75, 3.05) is 10.6 Å². The number of aromatic nitrogens is 2. The molecule has 0 saturated carbocycles. The molecule has 1 amide bonds. The van der Waals surface area contributed by atoms with Gasteiger partial charge in [-0.25, -0.2) is 9.97 Å². The molecule has 0 aliphatic rings. The van der Waals surface area contributed by atoms with Crippen LogP contribution in [0.4, 0.5) is 17.2 Å². The number of anilines is 3. The van der Waals surface area contributed by atoms with Gasteiger partial charge in [-0.1, -0.05) is 56.3 Å². The van der Waals surface area contributed by atoms with Gasteiger partial charge in [0.25, 0.3) is 5.91 Å². The topological polar surface area (TPSA) is 76.1 Å². The van der Waals surface area contributed by atoms with Crippen molar-refractivity contribution in [3.8, 4) is 17.0 Å². The second kappa shape index (κ2) is 10.6. The van der Waals surface area contributed by atoms with Crippen LogP contribution in [0.15, 0.2) is 91.3 Å². The van der Waals surface area contributed by atoms with Crippen molar-refractivity contribution in [2.45, 2.75) is 32.8 Å². The van der Waals surface area contributed by atoms with Crippen LogP contribution in [0.5, 0.6) is 5.75 Å². The van der Waals surface area contributed by atoms with Gasteiger partial charge >= 0.3 is 0 Å². The Morgan fingerprint density at radius 1 is 0.824 bits per heavy atom. The first-order chi connectivity index (χ1) is 16.5. The fourth-order valence-electron chi connectivity index (χ4n) is 3.41. The lowest BCUT2D eigenvalue weighted by atomic mass is 10.0. The summed E-state index contributed by atoms with van der Waals surface area (Å²) in [7, 11) is 0. The lowest BCUT2D eigenvalue weighted by molar-refractivity contribution is -0.122. The summed E-state index contributed by atoms with van der Waals surface area (Å²) in [5.74, 6) is 1.60. The zero-order valence-corrected chi connectivity index (χ0v) is 19.5. The van der Waals surface area contributed by atoms with E-state index >= 15 is 0 Å². The van der Waals surface area contributed by atoms with E-state index in [-0.39, 0.29) is 5.91 Å². The van der Waals surface area contributed by atoms with E-state index in [1.165, 1.54) is 11.9 Å². The minimum Gasteiger partial charge on any atom is -0.481 e. The molecule has 1 aromatic heterocycles. The molecule has 2 N–H and O–H groups in total. The SMILES string of the molecule is CC(Oc1ccc(C(C)C)cc1)C(=O)Nc1ccc(Nc2cc(-c3ccccc3)ncn2)cc1. The highest BCUT2D eigenvalue weighted by Crippen LogP contribution is 2.23. The van der Waals surface area contributed by atoms with Gasteiger partial charge in [-0.15, -0.1) is 0 Å². The molecule has 0 saturated heterocycles. The molecule has 1 unspecified atom stereocenters. The van der Waals surface area contributed by atoms with Gasteiger partial charge < -0.3 is 15.4 Å². The number of nitrogens with zero attached hydrogens (tertiary/aromatic N) is 2. The first-order valence-electron chi connectivity index (χ1n) is 11.3. The van der Waals surface area contributed by atoms with Gasteiger partial charge in [-0.3, -0.25) is 4.79 Å². The maximum absolute atomic E-state index is 12.6. The van der Waals surface area contributed by atoms with E-state index in [0.29, 0.717) is 23.2 Å². The Balaban J connectivity index is 1.34. The van der Waals surface area contributed by atoms with Gasteiger partial charge in [0, 0.05) is 23.0 Å². The van der Waals surface area contributed by atoms with E-state index in [1.54, 1.807) is 6.92 Å². The molecule has 6 heteroatoms. The summed E-state index contributed by atoms with van der Waals surface area (Å²) in [6.45, 7) is 6.02. The minimum absolute atomic E-state index is 0.211. The van der Waals surface area contributed by atoms with E-state index in [9.17, 15) is 4.79 Å². The highest BCUT2D eigenvalue weighted by molar-refractivity contribution is 5.94. The molecule has 0 spiro atoms. The third-order valence-electron chi connectivity index (χ3n) is 5.39. The average molecular weight is 453 g/mol. The van der Waals surface area contributed by atoms with Gasteiger partial charge in [0.15, 0.2) is 6.10 Å². The first-order valence-corrected chi connectivity index (χ1v) is 11.3. The number of benzene rings is 3. The van der Waals surface area contributed by atoms with Crippen molar-refractivity contribution in [3.63, 3.8) is 0 Å². The molecule has 3 aromatic carbocycles. The van der Waals surface area contributed by atoms with Gasteiger partial charge in [-0.05, 0) is 54.8 Å². The van der Waals surface area contributed by atoms with Crippen LogP contribution in [0.2, 0.25) is 0 Å². The number of carbonyl (C=O) groups is 1. The normalized spacial score (nSPS) is 11.6. The van der Waals surface area contributed by atoms with Gasteiger partial charge in [0.1, 0.15) is 17.9 Å². The molecule has 1 atom stereocenters. The summed E-state index contributed by atoms with van der Waals surface area (Å²) < 4.78 is 5.79. The Morgan fingerprint density at radius 2 is 1.50 bits per heavy atom. The van der Waals surface area contributed by atoms with Crippen LogP contribution in [0.3, 0.4) is 0 Å². The van der Waals surface area contributed by atoms with E-state index in [2.05, 4.69) is 34.4 Å². The van der Waals surface area contributed by atoms with E-state index < -0.39 is 6.10 Å². The molecular formula is C28H28N4O2. The molecule has 172 valence electrons. The van der Waals surface area contributed by atoms with Crippen LogP contribution in [-0.2, 0) is 4.79 Å². The number of nitrogens with one attached hydrogen (secondary N) is 2. The van der Waals surface area contributed by atoms with Crippen LogP contribution < -0.4 is 15.4 Å². The molecule has 0 radical (unpaired) electrons. The lowest BCUT2D eigenvalue weighted by Crippen LogP contribution is -2.30. The molecule has 0 aliphatic heterocycles. The molecule has 6 nitrogen and oxygen atoms in total. The second-order valence-electron chi connectivity index (χ2n) is 8.33. The molecule has 4 aromatic rings. The Hall–Kier alpha value is -4.19. The molecule has 34 heavy (non-hydrogen) atoms. The predicted molar refractivity (Wildman–Crippen MR) is 136 cm³/mol. The Morgan fingerprint density at radius 3 is 2.18 bits per heavy atom. The zero-order chi connectivity index (χ0) is 23.9. The van der Waals surface area contributed by atoms with E-state index in [1.807, 2.05) is 84.9 Å². The number of hydrogen-bond donors (Lipinski definition) is 2. The minimum atomic E-state index is -0.625. The highest BCUT2D eigenvalue weighted by Gasteiger charge is 2.15. The van der Waals surface area contributed by atoms with Crippen molar-refractivity contribution in [3.05, 3.63) is 96.8 Å². The summed E-state index contributed by atoms with van der Waals surface area (Å²) in [6.07, 6.45) is 0.914. The van der Waals surface area contributed by atoms with Gasteiger partial charge in [-0.2, -0.15) is 0 Å². The maximum Gasteiger partial charge on any atom is 0.265 e. The van der Waals surface area contributed by atoms with Gasteiger partial charge in [0.2, 0.25) is 0 Å². The molecule has 0 bridgehead atoms. The number of amides is 1. The third-order valence-corrected chi connectivity index (χ3v) is 5.39. The third kappa shape index (κ3) is 5.98. The van der Waals surface area contributed by atoms with Crippen molar-refractivity contribution in [2.24, 2.45) is 0 Å². The fraction of sp³-hybridized carbons (Fsp3) is 0.179. The lowest BCUT2D eigenvalue weighted by Gasteiger charge is -2.16. The summed E-state index contributed by atoms with van der Waals surface area (Å²) in [4.78, 5) is 21.2. The molecule has 0 aliphatic carbocycles. The first kappa shape index (κ1) is 23.0. The number of hydrogen-bond acceptors (Lipinski definition) is 5. The van der Waals surface area contributed by atoms with Gasteiger partial charge in [0.05, 0.1) is 5.69 Å². The summed E-state index contributed by atoms with van der Waals surface area (Å²) >= 11 is 0. The molecule has 1 heterocycles. The van der Waals surface area contributed by atoms with Crippen molar-refractivity contribution in [1.29, 1.82) is 0 Å². The highest BCUT2D eigenvalue weighted by atomic mass is 16.5. The van der Waals surface area contributed by atoms with Crippen LogP contribution in [0.25, 0.3) is 11.3 Å². The quantitative estimate of drug-likeness (QED) is 0.323. The summed E-state index contributed by atoms with van der Waals surface area (Å²) in [5, 5.41) is 6.17. The van der Waals surface area contributed by atoms with Crippen molar-refractivity contribution < 1.29 is 9.53 Å².